The summed E-state index contributed by atoms with van der Waals surface area (Å²) in [5, 5.41) is 2.86. The van der Waals surface area contributed by atoms with Crippen LogP contribution in [-0.4, -0.2) is 26.2 Å². The van der Waals surface area contributed by atoms with Crippen molar-refractivity contribution in [3.63, 3.8) is 0 Å². The highest BCUT2D eigenvalue weighted by molar-refractivity contribution is 6.14. The van der Waals surface area contributed by atoms with Crippen molar-refractivity contribution < 1.29 is 23.8 Å². The van der Waals surface area contributed by atoms with Crippen LogP contribution in [0.2, 0.25) is 0 Å². The van der Waals surface area contributed by atoms with Gasteiger partial charge < -0.3 is 19.5 Å². The number of hydrogen-bond donors (Lipinski definition) is 1. The fourth-order valence-corrected chi connectivity index (χ4v) is 1.96. The summed E-state index contributed by atoms with van der Waals surface area (Å²) in [6.45, 7) is 0.475. The second kappa shape index (κ2) is 9.12. The van der Waals surface area contributed by atoms with Gasteiger partial charge in [0.1, 0.15) is 12.4 Å². The van der Waals surface area contributed by atoms with E-state index >= 15 is 0 Å². The number of hydrogen-bond acceptors (Lipinski definition) is 6. The van der Waals surface area contributed by atoms with Gasteiger partial charge in [0.15, 0.2) is 5.57 Å². The number of benzene rings is 2. The molecule has 0 aliphatic carbocycles. The van der Waals surface area contributed by atoms with Crippen molar-refractivity contribution in [1.29, 1.82) is 0 Å². The first-order chi connectivity index (χ1) is 12.1. The quantitative estimate of drug-likeness (QED) is 0.361. The number of rotatable bonds is 7. The largest absolute Gasteiger partial charge is 0.489 e. The van der Waals surface area contributed by atoms with Gasteiger partial charge >= 0.3 is 11.9 Å². The van der Waals surface area contributed by atoms with E-state index in [0.717, 1.165) is 5.56 Å². The molecular weight excluding hydrogens is 322 g/mol. The normalized spacial score (nSPS) is 9.68. The second-order valence-corrected chi connectivity index (χ2v) is 4.98. The Morgan fingerprint density at radius 2 is 1.52 bits per heavy atom. The predicted octanol–water partition coefficient (Wildman–Crippen LogP) is 2.91. The number of esters is 2. The van der Waals surface area contributed by atoms with E-state index in [4.69, 9.17) is 4.74 Å². The zero-order valence-electron chi connectivity index (χ0n) is 14.0. The number of nitrogens with one attached hydrogen (secondary N) is 1. The average Bonchev–Trinajstić information content (AvgIpc) is 2.67. The van der Waals surface area contributed by atoms with E-state index in [1.165, 1.54) is 20.4 Å². The van der Waals surface area contributed by atoms with Crippen molar-refractivity contribution in [2.45, 2.75) is 6.61 Å². The number of methoxy groups -OCH3 is 2. The van der Waals surface area contributed by atoms with Crippen LogP contribution in [0.3, 0.4) is 0 Å². The number of anilines is 1. The first-order valence-electron chi connectivity index (χ1n) is 7.54. The van der Waals surface area contributed by atoms with Crippen molar-refractivity contribution in [2.24, 2.45) is 0 Å². The van der Waals surface area contributed by atoms with E-state index in [2.05, 4.69) is 14.8 Å². The Balaban J connectivity index is 1.98. The first-order valence-corrected chi connectivity index (χ1v) is 7.54. The van der Waals surface area contributed by atoms with Gasteiger partial charge in [-0.15, -0.1) is 0 Å². The Bertz CT molecular complexity index is 720. The molecule has 0 aromatic heterocycles. The average molecular weight is 341 g/mol. The third-order valence-electron chi connectivity index (χ3n) is 3.30. The lowest BCUT2D eigenvalue weighted by atomic mass is 10.2. The van der Waals surface area contributed by atoms with Crippen molar-refractivity contribution in [2.75, 3.05) is 19.5 Å². The Morgan fingerprint density at radius 1 is 0.920 bits per heavy atom. The molecule has 0 spiro atoms. The molecule has 0 radical (unpaired) electrons. The molecule has 2 aromatic rings. The summed E-state index contributed by atoms with van der Waals surface area (Å²) in [6.07, 6.45) is 1.25. The molecule has 2 rings (SSSR count). The van der Waals surface area contributed by atoms with Crippen LogP contribution in [0.25, 0.3) is 0 Å². The first kappa shape index (κ1) is 18.1. The van der Waals surface area contributed by atoms with Crippen LogP contribution in [0.1, 0.15) is 5.56 Å². The van der Waals surface area contributed by atoms with Crippen LogP contribution in [0.15, 0.2) is 66.4 Å². The van der Waals surface area contributed by atoms with E-state index in [1.54, 1.807) is 24.3 Å². The maximum absolute atomic E-state index is 11.6. The van der Waals surface area contributed by atoms with Gasteiger partial charge in [0.2, 0.25) is 0 Å². The lowest BCUT2D eigenvalue weighted by Crippen LogP contribution is -2.17. The summed E-state index contributed by atoms with van der Waals surface area (Å²) < 4.78 is 14.8. The van der Waals surface area contributed by atoms with Crippen LogP contribution < -0.4 is 10.1 Å². The fourth-order valence-electron chi connectivity index (χ4n) is 1.96. The van der Waals surface area contributed by atoms with Crippen LogP contribution >= 0.6 is 0 Å². The van der Waals surface area contributed by atoms with E-state index in [1.807, 2.05) is 30.3 Å². The summed E-state index contributed by atoms with van der Waals surface area (Å²) in [6, 6.07) is 16.9. The summed E-state index contributed by atoms with van der Waals surface area (Å²) in [7, 11) is 2.38. The molecule has 1 N–H and O–H groups in total. The van der Waals surface area contributed by atoms with Gasteiger partial charge in [0.25, 0.3) is 0 Å². The van der Waals surface area contributed by atoms with Crippen molar-refractivity contribution in [3.05, 3.63) is 71.9 Å². The molecular formula is C19H19NO5. The fraction of sp³-hybridized carbons (Fsp3) is 0.158. The molecule has 0 saturated carbocycles. The lowest BCUT2D eigenvalue weighted by molar-refractivity contribution is -0.144. The van der Waals surface area contributed by atoms with Crippen LogP contribution in [-0.2, 0) is 25.7 Å². The molecule has 0 unspecified atom stereocenters. The second-order valence-electron chi connectivity index (χ2n) is 4.98. The Labute approximate surface area is 146 Å². The maximum atomic E-state index is 11.6. The number of carbonyl (C=O) groups is 2. The van der Waals surface area contributed by atoms with Gasteiger partial charge in [-0.05, 0) is 29.8 Å². The van der Waals surface area contributed by atoms with E-state index in [-0.39, 0.29) is 5.57 Å². The van der Waals surface area contributed by atoms with Crippen molar-refractivity contribution in [3.8, 4) is 5.75 Å². The van der Waals surface area contributed by atoms with E-state index in [0.29, 0.717) is 18.0 Å². The molecule has 6 nitrogen and oxygen atoms in total. The van der Waals surface area contributed by atoms with Gasteiger partial charge in [-0.1, -0.05) is 30.3 Å². The summed E-state index contributed by atoms with van der Waals surface area (Å²) >= 11 is 0. The predicted molar refractivity (Wildman–Crippen MR) is 93.0 cm³/mol. The third-order valence-corrected chi connectivity index (χ3v) is 3.30. The molecule has 0 heterocycles. The zero-order chi connectivity index (χ0) is 18.1. The summed E-state index contributed by atoms with van der Waals surface area (Å²) in [5.74, 6) is -0.844. The molecule has 0 aliphatic heterocycles. The maximum Gasteiger partial charge on any atom is 0.346 e. The third kappa shape index (κ3) is 5.39. The zero-order valence-corrected chi connectivity index (χ0v) is 14.0. The highest BCUT2D eigenvalue weighted by Crippen LogP contribution is 2.17. The minimum atomic E-state index is -0.776. The van der Waals surface area contributed by atoms with Gasteiger partial charge in [-0.2, -0.15) is 0 Å². The van der Waals surface area contributed by atoms with Crippen LogP contribution in [0.4, 0.5) is 5.69 Å². The molecule has 0 amide bonds. The molecule has 130 valence electrons. The summed E-state index contributed by atoms with van der Waals surface area (Å²) in [5.41, 5.74) is 1.53. The highest BCUT2D eigenvalue weighted by atomic mass is 16.5. The molecule has 25 heavy (non-hydrogen) atoms. The molecule has 2 aromatic carbocycles. The van der Waals surface area contributed by atoms with Gasteiger partial charge in [0, 0.05) is 11.9 Å². The molecule has 6 heteroatoms. The van der Waals surface area contributed by atoms with Gasteiger partial charge in [-0.25, -0.2) is 9.59 Å². The van der Waals surface area contributed by atoms with Gasteiger partial charge in [-0.3, -0.25) is 0 Å². The molecule has 0 fully saturated rings. The Kier molecular flexibility index (Phi) is 6.59. The monoisotopic (exact) mass is 341 g/mol. The number of ether oxygens (including phenoxy) is 3. The molecule has 0 bridgehead atoms. The Hall–Kier alpha value is -3.28. The standard InChI is InChI=1S/C19H19NO5/c1-23-18(21)17(19(22)24-2)12-20-15-8-10-16(11-9-15)25-13-14-6-4-3-5-7-14/h3-12,20H,13H2,1-2H3. The molecule has 0 aliphatic rings. The molecule has 0 atom stereocenters. The lowest BCUT2D eigenvalue weighted by Gasteiger charge is -2.08. The van der Waals surface area contributed by atoms with E-state index in [9.17, 15) is 9.59 Å². The van der Waals surface area contributed by atoms with Crippen molar-refractivity contribution >= 4 is 17.6 Å². The van der Waals surface area contributed by atoms with E-state index < -0.39 is 11.9 Å². The smallest absolute Gasteiger partial charge is 0.346 e. The topological polar surface area (TPSA) is 73.9 Å². The number of carbonyl (C=O) groups excluding carboxylic acids is 2. The minimum absolute atomic E-state index is 0.227. The highest BCUT2D eigenvalue weighted by Gasteiger charge is 2.19. The SMILES string of the molecule is COC(=O)C(=CNc1ccc(OCc2ccccc2)cc1)C(=O)OC. The molecule has 0 saturated heterocycles. The minimum Gasteiger partial charge on any atom is -0.489 e. The Morgan fingerprint density at radius 3 is 2.08 bits per heavy atom. The van der Waals surface area contributed by atoms with Gasteiger partial charge in [0.05, 0.1) is 14.2 Å². The van der Waals surface area contributed by atoms with Crippen molar-refractivity contribution in [1.82, 2.24) is 0 Å². The van der Waals surface area contributed by atoms with Crippen LogP contribution in [0, 0.1) is 0 Å². The van der Waals surface area contributed by atoms with Crippen LogP contribution in [0.5, 0.6) is 5.75 Å². The summed E-state index contributed by atoms with van der Waals surface area (Å²) in [4.78, 5) is 23.1.